The fourth-order valence-corrected chi connectivity index (χ4v) is 2.62. The SMILES string of the molecule is Cl.c1csc(CNCc2ccc3c(c2)OCCO3)c1. The summed E-state index contributed by atoms with van der Waals surface area (Å²) >= 11 is 1.77. The summed E-state index contributed by atoms with van der Waals surface area (Å²) in [5.41, 5.74) is 1.22. The van der Waals surface area contributed by atoms with E-state index in [0.717, 1.165) is 24.6 Å². The highest BCUT2D eigenvalue weighted by atomic mass is 35.5. The number of halogens is 1. The average molecular weight is 298 g/mol. The molecule has 0 aliphatic carbocycles. The number of nitrogens with one attached hydrogen (secondary N) is 1. The van der Waals surface area contributed by atoms with E-state index in [1.165, 1.54) is 10.4 Å². The van der Waals surface area contributed by atoms with Crippen molar-refractivity contribution in [3.05, 3.63) is 46.2 Å². The Kier molecular flexibility index (Phi) is 5.07. The number of hydrogen-bond acceptors (Lipinski definition) is 4. The van der Waals surface area contributed by atoms with E-state index in [1.54, 1.807) is 11.3 Å². The standard InChI is InChI=1S/C14H15NO2S.ClH/c1-2-12(18-7-1)10-15-9-11-3-4-13-14(8-11)17-6-5-16-13;/h1-4,7-8,15H,5-6,9-10H2;1H. The van der Waals surface area contributed by atoms with E-state index in [-0.39, 0.29) is 12.4 Å². The molecule has 5 heteroatoms. The van der Waals surface area contributed by atoms with Crippen molar-refractivity contribution in [1.82, 2.24) is 5.32 Å². The van der Waals surface area contributed by atoms with E-state index in [1.807, 2.05) is 6.07 Å². The topological polar surface area (TPSA) is 30.5 Å². The minimum absolute atomic E-state index is 0. The number of ether oxygens (including phenoxy) is 2. The van der Waals surface area contributed by atoms with Crippen LogP contribution in [-0.2, 0) is 13.1 Å². The van der Waals surface area contributed by atoms with Crippen LogP contribution in [0, 0.1) is 0 Å². The molecular weight excluding hydrogens is 282 g/mol. The number of hydrogen-bond donors (Lipinski definition) is 1. The molecule has 3 rings (SSSR count). The summed E-state index contributed by atoms with van der Waals surface area (Å²) in [6.45, 7) is 3.03. The molecule has 1 N–H and O–H groups in total. The lowest BCUT2D eigenvalue weighted by Gasteiger charge is -2.18. The summed E-state index contributed by atoms with van der Waals surface area (Å²) < 4.78 is 11.1. The Morgan fingerprint density at radius 1 is 1.05 bits per heavy atom. The van der Waals surface area contributed by atoms with Gasteiger partial charge in [-0.25, -0.2) is 0 Å². The summed E-state index contributed by atoms with van der Waals surface area (Å²) in [4.78, 5) is 1.35. The third kappa shape index (κ3) is 3.62. The minimum Gasteiger partial charge on any atom is -0.486 e. The van der Waals surface area contributed by atoms with Gasteiger partial charge in [-0.05, 0) is 29.1 Å². The van der Waals surface area contributed by atoms with Gasteiger partial charge in [-0.1, -0.05) is 12.1 Å². The molecule has 19 heavy (non-hydrogen) atoms. The van der Waals surface area contributed by atoms with Crippen LogP contribution in [0.25, 0.3) is 0 Å². The summed E-state index contributed by atoms with van der Waals surface area (Å²) in [5, 5.41) is 5.52. The monoisotopic (exact) mass is 297 g/mol. The smallest absolute Gasteiger partial charge is 0.161 e. The second-order valence-corrected chi connectivity index (χ2v) is 5.19. The average Bonchev–Trinajstić information content (AvgIpc) is 2.92. The fourth-order valence-electron chi connectivity index (χ4n) is 1.94. The first-order valence-corrected chi connectivity index (χ1v) is 6.91. The van der Waals surface area contributed by atoms with Crippen molar-refractivity contribution in [2.75, 3.05) is 13.2 Å². The van der Waals surface area contributed by atoms with Crippen LogP contribution in [0.2, 0.25) is 0 Å². The van der Waals surface area contributed by atoms with Gasteiger partial charge in [-0.2, -0.15) is 0 Å². The lowest BCUT2D eigenvalue weighted by Crippen LogP contribution is -2.16. The summed E-state index contributed by atoms with van der Waals surface area (Å²) in [6, 6.07) is 10.3. The Hall–Kier alpha value is -1.23. The Morgan fingerprint density at radius 2 is 1.89 bits per heavy atom. The zero-order valence-corrected chi connectivity index (χ0v) is 12.1. The van der Waals surface area contributed by atoms with Crippen LogP contribution in [0.15, 0.2) is 35.7 Å². The van der Waals surface area contributed by atoms with E-state index in [0.29, 0.717) is 13.2 Å². The third-order valence-corrected chi connectivity index (χ3v) is 3.69. The number of benzene rings is 1. The predicted octanol–water partition coefficient (Wildman–Crippen LogP) is 3.23. The van der Waals surface area contributed by atoms with Crippen molar-refractivity contribution in [3.63, 3.8) is 0 Å². The Labute approximate surface area is 123 Å². The molecule has 0 fully saturated rings. The highest BCUT2D eigenvalue weighted by Crippen LogP contribution is 2.30. The first kappa shape index (κ1) is 14.2. The quantitative estimate of drug-likeness (QED) is 0.940. The summed E-state index contributed by atoms with van der Waals surface area (Å²) in [7, 11) is 0. The lowest BCUT2D eigenvalue weighted by molar-refractivity contribution is 0.171. The Balaban J connectivity index is 0.00000133. The second-order valence-electron chi connectivity index (χ2n) is 4.16. The van der Waals surface area contributed by atoms with Gasteiger partial charge in [0, 0.05) is 18.0 Å². The normalized spacial score (nSPS) is 12.8. The zero-order chi connectivity index (χ0) is 12.2. The molecule has 1 aliphatic heterocycles. The lowest BCUT2D eigenvalue weighted by atomic mass is 10.2. The number of fused-ring (bicyclic) bond motifs is 1. The van der Waals surface area contributed by atoms with E-state index in [9.17, 15) is 0 Å². The number of thiophene rings is 1. The highest BCUT2D eigenvalue weighted by Gasteiger charge is 2.11. The van der Waals surface area contributed by atoms with Crippen LogP contribution in [0.3, 0.4) is 0 Å². The maximum absolute atomic E-state index is 5.57. The van der Waals surface area contributed by atoms with Crippen LogP contribution in [0.4, 0.5) is 0 Å². The first-order chi connectivity index (χ1) is 8.92. The van der Waals surface area contributed by atoms with Crippen molar-refractivity contribution in [2.24, 2.45) is 0 Å². The molecule has 0 amide bonds. The van der Waals surface area contributed by atoms with Crippen LogP contribution in [0.5, 0.6) is 11.5 Å². The molecule has 0 radical (unpaired) electrons. The van der Waals surface area contributed by atoms with Gasteiger partial charge in [0.1, 0.15) is 13.2 Å². The van der Waals surface area contributed by atoms with Gasteiger partial charge in [-0.15, -0.1) is 23.7 Å². The molecule has 102 valence electrons. The van der Waals surface area contributed by atoms with Crippen molar-refractivity contribution in [2.45, 2.75) is 13.1 Å². The molecule has 0 unspecified atom stereocenters. The fraction of sp³-hybridized carbons (Fsp3) is 0.286. The summed E-state index contributed by atoms with van der Waals surface area (Å²) in [5.74, 6) is 1.71. The molecule has 2 aromatic rings. The highest BCUT2D eigenvalue weighted by molar-refractivity contribution is 7.09. The molecule has 0 bridgehead atoms. The van der Waals surface area contributed by atoms with Gasteiger partial charge < -0.3 is 14.8 Å². The van der Waals surface area contributed by atoms with Crippen molar-refractivity contribution >= 4 is 23.7 Å². The van der Waals surface area contributed by atoms with Gasteiger partial charge in [0.25, 0.3) is 0 Å². The van der Waals surface area contributed by atoms with E-state index < -0.39 is 0 Å². The number of rotatable bonds is 4. The minimum atomic E-state index is 0. The molecular formula is C14H16ClNO2S. The molecule has 0 saturated heterocycles. The van der Waals surface area contributed by atoms with Crippen molar-refractivity contribution in [1.29, 1.82) is 0 Å². The van der Waals surface area contributed by atoms with Crippen LogP contribution in [-0.4, -0.2) is 13.2 Å². The van der Waals surface area contributed by atoms with E-state index in [4.69, 9.17) is 9.47 Å². The Bertz CT molecular complexity index is 516. The molecule has 3 nitrogen and oxygen atoms in total. The molecule has 0 atom stereocenters. The van der Waals surface area contributed by atoms with Crippen molar-refractivity contribution in [3.8, 4) is 11.5 Å². The van der Waals surface area contributed by atoms with Gasteiger partial charge in [0.2, 0.25) is 0 Å². The zero-order valence-electron chi connectivity index (χ0n) is 10.4. The molecule has 1 aromatic heterocycles. The van der Waals surface area contributed by atoms with E-state index in [2.05, 4.69) is 35.0 Å². The third-order valence-electron chi connectivity index (χ3n) is 2.82. The second kappa shape index (κ2) is 6.80. The van der Waals surface area contributed by atoms with Crippen LogP contribution in [0.1, 0.15) is 10.4 Å². The first-order valence-electron chi connectivity index (χ1n) is 6.03. The van der Waals surface area contributed by atoms with Crippen LogP contribution < -0.4 is 14.8 Å². The molecule has 2 heterocycles. The van der Waals surface area contributed by atoms with Crippen molar-refractivity contribution < 1.29 is 9.47 Å². The molecule has 1 aliphatic rings. The van der Waals surface area contributed by atoms with Gasteiger partial charge in [0.15, 0.2) is 11.5 Å². The van der Waals surface area contributed by atoms with Gasteiger partial charge in [0.05, 0.1) is 0 Å². The predicted molar refractivity (Wildman–Crippen MR) is 79.5 cm³/mol. The van der Waals surface area contributed by atoms with Gasteiger partial charge in [-0.3, -0.25) is 0 Å². The maximum Gasteiger partial charge on any atom is 0.161 e. The van der Waals surface area contributed by atoms with Crippen LogP contribution >= 0.6 is 23.7 Å². The largest absolute Gasteiger partial charge is 0.486 e. The maximum atomic E-state index is 5.57. The molecule has 0 saturated carbocycles. The summed E-state index contributed by atoms with van der Waals surface area (Å²) in [6.07, 6.45) is 0. The molecule has 0 spiro atoms. The molecule has 1 aromatic carbocycles. The van der Waals surface area contributed by atoms with Gasteiger partial charge >= 0.3 is 0 Å². The Morgan fingerprint density at radius 3 is 2.68 bits per heavy atom. The van der Waals surface area contributed by atoms with E-state index >= 15 is 0 Å².